The molecule has 0 aliphatic carbocycles. The van der Waals surface area contributed by atoms with Crippen LogP contribution in [-0.4, -0.2) is 16.7 Å². The molecule has 3 nitrogen and oxygen atoms in total. The van der Waals surface area contributed by atoms with E-state index in [4.69, 9.17) is 17.0 Å². The third kappa shape index (κ3) is 2.38. The Labute approximate surface area is 134 Å². The van der Waals surface area contributed by atoms with E-state index in [1.807, 2.05) is 22.8 Å². The first kappa shape index (κ1) is 14.3. The number of aromatic amines is 1. The molecule has 1 aromatic heterocycles. The Morgan fingerprint density at radius 2 is 2.05 bits per heavy atom. The number of halogens is 2. The van der Waals surface area contributed by atoms with Crippen LogP contribution in [0.3, 0.4) is 0 Å². The number of hydrogen-bond acceptors (Lipinski definition) is 2. The smallest absolute Gasteiger partial charge is 0.182 e. The van der Waals surface area contributed by atoms with E-state index in [9.17, 15) is 4.39 Å². The third-order valence-electron chi connectivity index (χ3n) is 3.36. The van der Waals surface area contributed by atoms with Gasteiger partial charge < -0.3 is 9.72 Å². The van der Waals surface area contributed by atoms with E-state index in [0.717, 1.165) is 21.4 Å². The van der Waals surface area contributed by atoms with Crippen LogP contribution in [0, 0.1) is 17.5 Å². The van der Waals surface area contributed by atoms with Crippen molar-refractivity contribution in [1.82, 2.24) is 9.55 Å². The third-order valence-corrected chi connectivity index (χ3v) is 4.31. The van der Waals surface area contributed by atoms with Crippen LogP contribution in [0.2, 0.25) is 0 Å². The minimum atomic E-state index is -0.254. The molecule has 0 fully saturated rings. The molecular weight excluding hydrogens is 355 g/mol. The second kappa shape index (κ2) is 5.27. The highest BCUT2D eigenvalue weighted by Crippen LogP contribution is 2.30. The molecule has 3 rings (SSSR count). The van der Waals surface area contributed by atoms with Crippen molar-refractivity contribution in [1.29, 1.82) is 0 Å². The molecule has 1 N–H and O–H groups in total. The van der Waals surface area contributed by atoms with E-state index < -0.39 is 0 Å². The number of rotatable bonds is 2. The number of nitrogens with one attached hydrogen (secondary N) is 1. The first-order valence-corrected chi connectivity index (χ1v) is 7.46. The first-order valence-electron chi connectivity index (χ1n) is 6.26. The molecule has 108 valence electrons. The van der Waals surface area contributed by atoms with Gasteiger partial charge in [-0.1, -0.05) is 0 Å². The van der Waals surface area contributed by atoms with E-state index >= 15 is 0 Å². The molecule has 0 aliphatic heterocycles. The van der Waals surface area contributed by atoms with Gasteiger partial charge in [0, 0.05) is 10.5 Å². The topological polar surface area (TPSA) is 29.9 Å². The summed E-state index contributed by atoms with van der Waals surface area (Å²) >= 11 is 8.91. The zero-order chi connectivity index (χ0) is 15.1. The predicted octanol–water partition coefficient (Wildman–Crippen LogP) is 4.91. The van der Waals surface area contributed by atoms with Crippen LogP contribution in [-0.2, 0) is 0 Å². The number of aromatic nitrogens is 2. The second-order valence-corrected chi connectivity index (χ2v) is 5.94. The maximum Gasteiger partial charge on any atom is 0.182 e. The molecule has 6 heteroatoms. The van der Waals surface area contributed by atoms with Crippen LogP contribution < -0.4 is 4.74 Å². The number of benzene rings is 2. The van der Waals surface area contributed by atoms with E-state index in [0.29, 0.717) is 15.9 Å². The predicted molar refractivity (Wildman–Crippen MR) is 87.4 cm³/mol. The Balaban J connectivity index is 2.37. The highest BCUT2D eigenvalue weighted by atomic mass is 79.9. The summed E-state index contributed by atoms with van der Waals surface area (Å²) in [5.41, 5.74) is 2.91. The Hall–Kier alpha value is -1.66. The summed E-state index contributed by atoms with van der Waals surface area (Å²) in [7, 11) is 1.61. The molecule has 2 aromatic carbocycles. The van der Waals surface area contributed by atoms with E-state index in [1.54, 1.807) is 20.1 Å². The van der Waals surface area contributed by atoms with E-state index in [1.165, 1.54) is 6.07 Å². The number of methoxy groups -OCH3 is 1. The molecule has 0 spiro atoms. The normalized spacial score (nSPS) is 11.0. The summed E-state index contributed by atoms with van der Waals surface area (Å²) in [6.07, 6.45) is 0. The molecule has 0 bridgehead atoms. The van der Waals surface area contributed by atoms with Gasteiger partial charge in [-0.25, -0.2) is 4.39 Å². The van der Waals surface area contributed by atoms with Gasteiger partial charge in [-0.15, -0.1) is 0 Å². The minimum absolute atomic E-state index is 0.254. The lowest BCUT2D eigenvalue weighted by molar-refractivity contribution is 0.414. The Morgan fingerprint density at radius 3 is 2.76 bits per heavy atom. The highest BCUT2D eigenvalue weighted by molar-refractivity contribution is 9.10. The van der Waals surface area contributed by atoms with Crippen LogP contribution in [0.15, 0.2) is 34.8 Å². The van der Waals surface area contributed by atoms with Gasteiger partial charge in [0.15, 0.2) is 4.77 Å². The summed E-state index contributed by atoms with van der Waals surface area (Å²) in [5.74, 6) is 0.471. The van der Waals surface area contributed by atoms with Crippen LogP contribution in [0.1, 0.15) is 5.56 Å². The molecule has 0 aliphatic rings. The molecule has 0 atom stereocenters. The SMILES string of the molecule is COc1ccc(Br)c(-n2c(=S)[nH]c3cc(F)c(C)cc32)c1. The average Bonchev–Trinajstić information content (AvgIpc) is 2.75. The van der Waals surface area contributed by atoms with Crippen LogP contribution in [0.25, 0.3) is 16.7 Å². The van der Waals surface area contributed by atoms with Crippen molar-refractivity contribution >= 4 is 39.2 Å². The molecule has 0 amide bonds. The van der Waals surface area contributed by atoms with Gasteiger partial charge in [0.1, 0.15) is 11.6 Å². The van der Waals surface area contributed by atoms with Crippen molar-refractivity contribution in [2.75, 3.05) is 7.11 Å². The fourth-order valence-corrected chi connectivity index (χ4v) is 2.99. The van der Waals surface area contributed by atoms with Gasteiger partial charge in [0.25, 0.3) is 0 Å². The van der Waals surface area contributed by atoms with Crippen molar-refractivity contribution in [3.05, 3.63) is 51.0 Å². The molecule has 0 radical (unpaired) electrons. The van der Waals surface area contributed by atoms with Crippen LogP contribution in [0.5, 0.6) is 5.75 Å². The number of ether oxygens (including phenoxy) is 1. The van der Waals surface area contributed by atoms with Gasteiger partial charge in [-0.05, 0) is 64.9 Å². The maximum atomic E-state index is 13.7. The molecule has 0 unspecified atom stereocenters. The second-order valence-electron chi connectivity index (χ2n) is 4.70. The van der Waals surface area contributed by atoms with Crippen molar-refractivity contribution in [2.24, 2.45) is 0 Å². The summed E-state index contributed by atoms with van der Waals surface area (Å²) in [5, 5.41) is 0. The minimum Gasteiger partial charge on any atom is -0.497 e. The zero-order valence-corrected chi connectivity index (χ0v) is 13.8. The monoisotopic (exact) mass is 366 g/mol. The summed E-state index contributed by atoms with van der Waals surface area (Å²) in [4.78, 5) is 3.03. The zero-order valence-electron chi connectivity index (χ0n) is 11.4. The number of imidazole rings is 1. The van der Waals surface area contributed by atoms with E-state index in [2.05, 4.69) is 20.9 Å². The number of hydrogen-bond donors (Lipinski definition) is 1. The molecular formula is C15H12BrFN2OS. The summed E-state index contributed by atoms with van der Waals surface area (Å²) < 4.78 is 22.2. The van der Waals surface area contributed by atoms with Crippen LogP contribution >= 0.6 is 28.1 Å². The lowest BCUT2D eigenvalue weighted by Crippen LogP contribution is -1.97. The van der Waals surface area contributed by atoms with Crippen molar-refractivity contribution in [3.63, 3.8) is 0 Å². The summed E-state index contributed by atoms with van der Waals surface area (Å²) in [6.45, 7) is 1.73. The largest absolute Gasteiger partial charge is 0.497 e. The number of fused-ring (bicyclic) bond motifs is 1. The summed E-state index contributed by atoms with van der Waals surface area (Å²) in [6, 6.07) is 8.88. The Bertz CT molecular complexity index is 901. The van der Waals surface area contributed by atoms with Crippen molar-refractivity contribution in [3.8, 4) is 11.4 Å². The highest BCUT2D eigenvalue weighted by Gasteiger charge is 2.12. The fourth-order valence-electron chi connectivity index (χ4n) is 2.26. The number of aryl methyl sites for hydroxylation is 1. The quantitative estimate of drug-likeness (QED) is 0.653. The number of H-pyrrole nitrogens is 1. The first-order chi connectivity index (χ1) is 10.0. The Kier molecular flexibility index (Phi) is 3.59. The van der Waals surface area contributed by atoms with Gasteiger partial charge in [-0.3, -0.25) is 4.57 Å². The van der Waals surface area contributed by atoms with Gasteiger partial charge in [0.2, 0.25) is 0 Å². The molecule has 1 heterocycles. The van der Waals surface area contributed by atoms with Crippen LogP contribution in [0.4, 0.5) is 4.39 Å². The Morgan fingerprint density at radius 1 is 1.29 bits per heavy atom. The molecule has 21 heavy (non-hydrogen) atoms. The molecule has 0 saturated carbocycles. The number of nitrogens with zero attached hydrogens (tertiary/aromatic N) is 1. The van der Waals surface area contributed by atoms with Gasteiger partial charge in [0.05, 0.1) is 23.8 Å². The van der Waals surface area contributed by atoms with Gasteiger partial charge in [-0.2, -0.15) is 0 Å². The average molecular weight is 367 g/mol. The lowest BCUT2D eigenvalue weighted by atomic mass is 10.2. The fraction of sp³-hybridized carbons (Fsp3) is 0.133. The maximum absolute atomic E-state index is 13.7. The standard InChI is InChI=1S/C15H12BrFN2OS/c1-8-5-14-12(7-11(8)17)18-15(21)19(14)13-6-9(20-2)3-4-10(13)16/h3-7H,1-2H3,(H,18,21). The van der Waals surface area contributed by atoms with Gasteiger partial charge >= 0.3 is 0 Å². The van der Waals surface area contributed by atoms with E-state index in [-0.39, 0.29) is 5.82 Å². The van der Waals surface area contributed by atoms with Crippen molar-refractivity contribution in [2.45, 2.75) is 6.92 Å². The van der Waals surface area contributed by atoms with Crippen molar-refractivity contribution < 1.29 is 9.13 Å². The molecule has 3 aromatic rings. The lowest BCUT2D eigenvalue weighted by Gasteiger charge is -2.10. The molecule has 0 saturated heterocycles.